The lowest BCUT2D eigenvalue weighted by atomic mass is 10.0. The van der Waals surface area contributed by atoms with Crippen LogP contribution in [0.25, 0.3) is 11.1 Å². The van der Waals surface area contributed by atoms with E-state index in [0.717, 1.165) is 24.1 Å². The van der Waals surface area contributed by atoms with Crippen LogP contribution in [0.4, 0.5) is 10.5 Å². The molecule has 1 saturated heterocycles. The third-order valence-electron chi connectivity index (χ3n) is 4.84. The van der Waals surface area contributed by atoms with E-state index in [1.807, 2.05) is 36.4 Å². The summed E-state index contributed by atoms with van der Waals surface area (Å²) in [4.78, 5) is 14.5. The quantitative estimate of drug-likeness (QED) is 0.876. The van der Waals surface area contributed by atoms with E-state index >= 15 is 0 Å². The SMILES string of the molecule is CN1CCCC1CCOC(=O)Nc1ccccc1-c1ccc(C#N)cc1. The Morgan fingerprint density at radius 1 is 1.27 bits per heavy atom. The number of nitrogens with zero attached hydrogens (tertiary/aromatic N) is 2. The van der Waals surface area contributed by atoms with Crippen LogP contribution in [0.3, 0.4) is 0 Å². The van der Waals surface area contributed by atoms with Crippen LogP contribution in [-0.2, 0) is 4.74 Å². The van der Waals surface area contributed by atoms with Crippen molar-refractivity contribution in [3.63, 3.8) is 0 Å². The molecule has 1 aliphatic rings. The van der Waals surface area contributed by atoms with Gasteiger partial charge in [0.25, 0.3) is 0 Å². The molecule has 5 nitrogen and oxygen atoms in total. The maximum absolute atomic E-state index is 12.2. The minimum atomic E-state index is -0.438. The van der Waals surface area contributed by atoms with E-state index in [0.29, 0.717) is 23.9 Å². The van der Waals surface area contributed by atoms with Crippen LogP contribution < -0.4 is 5.32 Å². The highest BCUT2D eigenvalue weighted by molar-refractivity contribution is 5.91. The number of anilines is 1. The molecule has 1 amide bonds. The first-order chi connectivity index (χ1) is 12.7. The van der Waals surface area contributed by atoms with E-state index < -0.39 is 6.09 Å². The maximum atomic E-state index is 12.2. The van der Waals surface area contributed by atoms with Gasteiger partial charge in [-0.25, -0.2) is 4.79 Å². The topological polar surface area (TPSA) is 65.4 Å². The van der Waals surface area contributed by atoms with Crippen molar-refractivity contribution >= 4 is 11.8 Å². The third-order valence-corrected chi connectivity index (χ3v) is 4.84. The average Bonchev–Trinajstić information content (AvgIpc) is 3.07. The predicted molar refractivity (Wildman–Crippen MR) is 102 cm³/mol. The van der Waals surface area contributed by atoms with Gasteiger partial charge in [0.2, 0.25) is 0 Å². The van der Waals surface area contributed by atoms with Crippen LogP contribution in [0, 0.1) is 11.3 Å². The number of nitriles is 1. The molecular weight excluding hydrogens is 326 g/mol. The average molecular weight is 349 g/mol. The first-order valence-electron chi connectivity index (χ1n) is 8.91. The number of nitrogens with one attached hydrogen (secondary N) is 1. The van der Waals surface area contributed by atoms with Crippen molar-refractivity contribution in [1.29, 1.82) is 5.26 Å². The Balaban J connectivity index is 1.60. The predicted octanol–water partition coefficient (Wildman–Crippen LogP) is 4.26. The highest BCUT2D eigenvalue weighted by Crippen LogP contribution is 2.28. The van der Waals surface area contributed by atoms with Gasteiger partial charge >= 0.3 is 6.09 Å². The summed E-state index contributed by atoms with van der Waals surface area (Å²) < 4.78 is 5.36. The molecule has 0 aromatic heterocycles. The zero-order valence-corrected chi connectivity index (χ0v) is 14.9. The molecule has 1 heterocycles. The molecule has 0 bridgehead atoms. The summed E-state index contributed by atoms with van der Waals surface area (Å²) in [6, 6.07) is 17.5. The molecule has 0 spiro atoms. The first kappa shape index (κ1) is 18.0. The summed E-state index contributed by atoms with van der Waals surface area (Å²) in [5.41, 5.74) is 3.13. The molecule has 2 aromatic rings. The van der Waals surface area contributed by atoms with Crippen LogP contribution in [0.5, 0.6) is 0 Å². The fourth-order valence-corrected chi connectivity index (χ4v) is 3.35. The zero-order valence-electron chi connectivity index (χ0n) is 14.9. The van der Waals surface area contributed by atoms with Gasteiger partial charge in [0, 0.05) is 11.6 Å². The molecule has 2 aromatic carbocycles. The van der Waals surface area contributed by atoms with E-state index in [1.165, 1.54) is 12.8 Å². The Hall–Kier alpha value is -2.84. The standard InChI is InChI=1S/C21H23N3O2/c1-24-13-4-5-18(24)12-14-26-21(25)23-20-7-3-2-6-19(20)17-10-8-16(15-22)9-11-17/h2-3,6-11,18H,4-5,12-14H2,1H3,(H,23,25). The molecule has 1 atom stereocenters. The monoisotopic (exact) mass is 349 g/mol. The number of hydrogen-bond donors (Lipinski definition) is 1. The Bertz CT molecular complexity index is 796. The molecule has 1 aliphatic heterocycles. The van der Waals surface area contributed by atoms with Gasteiger partial charge in [-0.2, -0.15) is 5.26 Å². The van der Waals surface area contributed by atoms with Crippen LogP contribution in [0.1, 0.15) is 24.8 Å². The fourth-order valence-electron chi connectivity index (χ4n) is 3.35. The number of para-hydroxylation sites is 1. The molecule has 1 fully saturated rings. The number of likely N-dealkylation sites (tertiary alicyclic amines) is 1. The summed E-state index contributed by atoms with van der Waals surface area (Å²) in [7, 11) is 2.12. The van der Waals surface area contributed by atoms with Crippen molar-refractivity contribution in [2.24, 2.45) is 0 Å². The minimum Gasteiger partial charge on any atom is -0.449 e. The molecule has 134 valence electrons. The molecule has 3 rings (SSSR count). The van der Waals surface area contributed by atoms with Gasteiger partial charge in [-0.1, -0.05) is 30.3 Å². The van der Waals surface area contributed by atoms with Gasteiger partial charge < -0.3 is 9.64 Å². The van der Waals surface area contributed by atoms with Crippen molar-refractivity contribution in [2.45, 2.75) is 25.3 Å². The van der Waals surface area contributed by atoms with E-state index in [2.05, 4.69) is 23.3 Å². The third kappa shape index (κ3) is 4.41. The van der Waals surface area contributed by atoms with Crippen LogP contribution >= 0.6 is 0 Å². The van der Waals surface area contributed by atoms with Gasteiger partial charge in [-0.15, -0.1) is 0 Å². The summed E-state index contributed by atoms with van der Waals surface area (Å²) in [6.45, 7) is 1.54. The second kappa shape index (κ2) is 8.50. The molecule has 1 unspecified atom stereocenters. The number of amides is 1. The first-order valence-corrected chi connectivity index (χ1v) is 8.91. The Morgan fingerprint density at radius 2 is 2.04 bits per heavy atom. The molecule has 0 saturated carbocycles. The van der Waals surface area contributed by atoms with Gasteiger partial charge in [-0.05, 0) is 56.6 Å². The van der Waals surface area contributed by atoms with E-state index in [-0.39, 0.29) is 0 Å². The van der Waals surface area contributed by atoms with E-state index in [1.54, 1.807) is 12.1 Å². The Morgan fingerprint density at radius 3 is 2.73 bits per heavy atom. The number of carbonyl (C=O) groups is 1. The van der Waals surface area contributed by atoms with Gasteiger partial charge in [0.15, 0.2) is 0 Å². The smallest absolute Gasteiger partial charge is 0.411 e. The second-order valence-corrected chi connectivity index (χ2v) is 6.56. The molecule has 1 N–H and O–H groups in total. The highest BCUT2D eigenvalue weighted by Gasteiger charge is 2.20. The lowest BCUT2D eigenvalue weighted by Gasteiger charge is -2.19. The van der Waals surface area contributed by atoms with E-state index in [9.17, 15) is 4.79 Å². The van der Waals surface area contributed by atoms with Gasteiger partial charge in [0.1, 0.15) is 0 Å². The zero-order chi connectivity index (χ0) is 18.4. The second-order valence-electron chi connectivity index (χ2n) is 6.56. The largest absolute Gasteiger partial charge is 0.449 e. The van der Waals surface area contributed by atoms with Crippen LogP contribution in [-0.4, -0.2) is 37.2 Å². The Labute approximate surface area is 154 Å². The molecule has 0 aliphatic carbocycles. The lowest BCUT2D eigenvalue weighted by molar-refractivity contribution is 0.147. The summed E-state index contributed by atoms with van der Waals surface area (Å²) in [6.07, 6.45) is 2.81. The van der Waals surface area contributed by atoms with Gasteiger partial charge in [-0.3, -0.25) is 5.32 Å². The number of ether oxygens (including phenoxy) is 1. The minimum absolute atomic E-state index is 0.417. The normalized spacial score (nSPS) is 16.8. The van der Waals surface area contributed by atoms with Crippen molar-refractivity contribution in [3.8, 4) is 17.2 Å². The highest BCUT2D eigenvalue weighted by atomic mass is 16.5. The fraction of sp³-hybridized carbons (Fsp3) is 0.333. The van der Waals surface area contributed by atoms with Crippen molar-refractivity contribution in [3.05, 3.63) is 54.1 Å². The lowest BCUT2D eigenvalue weighted by Crippen LogP contribution is -2.27. The summed E-state index contributed by atoms with van der Waals surface area (Å²) in [5, 5.41) is 11.8. The molecular formula is C21H23N3O2. The maximum Gasteiger partial charge on any atom is 0.411 e. The van der Waals surface area contributed by atoms with Crippen LogP contribution in [0.15, 0.2) is 48.5 Å². The van der Waals surface area contributed by atoms with E-state index in [4.69, 9.17) is 10.00 Å². The summed E-state index contributed by atoms with van der Waals surface area (Å²) in [5.74, 6) is 0. The van der Waals surface area contributed by atoms with Crippen LogP contribution in [0.2, 0.25) is 0 Å². The number of hydrogen-bond acceptors (Lipinski definition) is 4. The number of rotatable bonds is 5. The molecule has 5 heteroatoms. The van der Waals surface area contributed by atoms with Crippen molar-refractivity contribution < 1.29 is 9.53 Å². The van der Waals surface area contributed by atoms with Crippen molar-refractivity contribution in [2.75, 3.05) is 25.5 Å². The number of carbonyl (C=O) groups excluding carboxylic acids is 1. The molecule has 0 radical (unpaired) electrons. The molecule has 26 heavy (non-hydrogen) atoms. The number of benzene rings is 2. The Kier molecular flexibility index (Phi) is 5.88. The van der Waals surface area contributed by atoms with Crippen molar-refractivity contribution in [1.82, 2.24) is 4.90 Å². The summed E-state index contributed by atoms with van der Waals surface area (Å²) >= 11 is 0. The van der Waals surface area contributed by atoms with Gasteiger partial charge in [0.05, 0.1) is 23.9 Å².